The fraction of sp³-hybridized carbons (Fsp3) is 0.800. The lowest BCUT2D eigenvalue weighted by Gasteiger charge is -2.25. The van der Waals surface area contributed by atoms with Crippen LogP contribution in [0, 0.1) is 5.92 Å². The summed E-state index contributed by atoms with van der Waals surface area (Å²) in [7, 11) is 0. The molecule has 0 aromatic heterocycles. The first kappa shape index (κ1) is 12.0. The SMILES string of the molecule is O=C(CC1CCC1)NC(CCO)C(=O)O. The number of aliphatic carboxylic acids is 1. The van der Waals surface area contributed by atoms with E-state index in [1.54, 1.807) is 0 Å². The van der Waals surface area contributed by atoms with E-state index in [2.05, 4.69) is 5.32 Å². The zero-order chi connectivity index (χ0) is 11.3. The topological polar surface area (TPSA) is 86.6 Å². The number of rotatable bonds is 6. The molecule has 0 bridgehead atoms. The van der Waals surface area contributed by atoms with Crippen LogP contribution in [-0.4, -0.2) is 34.7 Å². The lowest BCUT2D eigenvalue weighted by atomic mass is 9.83. The van der Waals surface area contributed by atoms with Gasteiger partial charge in [-0.1, -0.05) is 6.42 Å². The first-order valence-electron chi connectivity index (χ1n) is 5.26. The Hall–Kier alpha value is -1.10. The number of carbonyl (C=O) groups is 2. The average Bonchev–Trinajstić information content (AvgIpc) is 2.10. The number of hydrogen-bond acceptors (Lipinski definition) is 3. The highest BCUT2D eigenvalue weighted by Crippen LogP contribution is 2.29. The third-order valence-electron chi connectivity index (χ3n) is 2.75. The van der Waals surface area contributed by atoms with Crippen LogP contribution in [0.2, 0.25) is 0 Å². The van der Waals surface area contributed by atoms with E-state index in [4.69, 9.17) is 10.2 Å². The monoisotopic (exact) mass is 215 g/mol. The second-order valence-electron chi connectivity index (χ2n) is 3.97. The molecule has 1 aliphatic carbocycles. The zero-order valence-corrected chi connectivity index (χ0v) is 8.61. The summed E-state index contributed by atoms with van der Waals surface area (Å²) in [5.41, 5.74) is 0. The first-order chi connectivity index (χ1) is 7.13. The summed E-state index contributed by atoms with van der Waals surface area (Å²) in [6.45, 7) is -0.235. The van der Waals surface area contributed by atoms with Crippen LogP contribution in [0.1, 0.15) is 32.1 Å². The van der Waals surface area contributed by atoms with Gasteiger partial charge >= 0.3 is 5.97 Å². The highest BCUT2D eigenvalue weighted by Gasteiger charge is 2.24. The van der Waals surface area contributed by atoms with Gasteiger partial charge < -0.3 is 15.5 Å². The molecular weight excluding hydrogens is 198 g/mol. The average molecular weight is 215 g/mol. The summed E-state index contributed by atoms with van der Waals surface area (Å²) >= 11 is 0. The van der Waals surface area contributed by atoms with Crippen molar-refractivity contribution in [3.63, 3.8) is 0 Å². The van der Waals surface area contributed by atoms with Crippen molar-refractivity contribution in [2.24, 2.45) is 5.92 Å². The maximum absolute atomic E-state index is 11.4. The maximum Gasteiger partial charge on any atom is 0.326 e. The number of carboxylic acid groups (broad SMARTS) is 1. The van der Waals surface area contributed by atoms with Crippen LogP contribution in [0.3, 0.4) is 0 Å². The third kappa shape index (κ3) is 3.87. The number of hydrogen-bond donors (Lipinski definition) is 3. The molecule has 5 nitrogen and oxygen atoms in total. The van der Waals surface area contributed by atoms with Gasteiger partial charge in [-0.05, 0) is 18.8 Å². The van der Waals surface area contributed by atoms with Gasteiger partial charge in [0.05, 0.1) is 0 Å². The van der Waals surface area contributed by atoms with Crippen molar-refractivity contribution in [1.82, 2.24) is 5.32 Å². The molecule has 1 aliphatic rings. The van der Waals surface area contributed by atoms with Gasteiger partial charge in [-0.15, -0.1) is 0 Å². The number of aliphatic hydroxyl groups excluding tert-OH is 1. The van der Waals surface area contributed by atoms with Crippen molar-refractivity contribution < 1.29 is 19.8 Å². The van der Waals surface area contributed by atoms with E-state index in [0.29, 0.717) is 12.3 Å². The van der Waals surface area contributed by atoms with Gasteiger partial charge in [-0.3, -0.25) is 4.79 Å². The molecule has 5 heteroatoms. The standard InChI is InChI=1S/C10H17NO4/c12-5-4-8(10(14)15)11-9(13)6-7-2-1-3-7/h7-8,12H,1-6H2,(H,11,13)(H,14,15). The molecule has 0 aliphatic heterocycles. The van der Waals surface area contributed by atoms with Gasteiger partial charge in [-0.25, -0.2) is 4.79 Å². The van der Waals surface area contributed by atoms with Gasteiger partial charge in [0.25, 0.3) is 0 Å². The Labute approximate surface area is 88.5 Å². The second kappa shape index (κ2) is 5.70. The lowest BCUT2D eigenvalue weighted by Crippen LogP contribution is -2.42. The van der Waals surface area contributed by atoms with Crippen molar-refractivity contribution in [3.05, 3.63) is 0 Å². The van der Waals surface area contributed by atoms with Crippen molar-refractivity contribution in [3.8, 4) is 0 Å². The molecule has 1 amide bonds. The first-order valence-corrected chi connectivity index (χ1v) is 5.26. The Bertz CT molecular complexity index is 238. The number of aliphatic hydroxyl groups is 1. The quantitative estimate of drug-likeness (QED) is 0.587. The molecule has 1 rings (SSSR count). The van der Waals surface area contributed by atoms with E-state index in [0.717, 1.165) is 19.3 Å². The van der Waals surface area contributed by atoms with E-state index in [1.807, 2.05) is 0 Å². The van der Waals surface area contributed by atoms with Gasteiger partial charge in [0, 0.05) is 19.4 Å². The van der Waals surface area contributed by atoms with Gasteiger partial charge in [0.1, 0.15) is 6.04 Å². The fourth-order valence-corrected chi connectivity index (χ4v) is 1.60. The summed E-state index contributed by atoms with van der Waals surface area (Å²) in [5.74, 6) is -0.889. The number of carbonyl (C=O) groups excluding carboxylic acids is 1. The van der Waals surface area contributed by atoms with Gasteiger partial charge in [-0.2, -0.15) is 0 Å². The van der Waals surface area contributed by atoms with Crippen LogP contribution >= 0.6 is 0 Å². The predicted molar refractivity (Wildman–Crippen MR) is 53.2 cm³/mol. The minimum atomic E-state index is -1.09. The molecule has 3 N–H and O–H groups in total. The van der Waals surface area contributed by atoms with Crippen LogP contribution in [0.5, 0.6) is 0 Å². The molecule has 1 saturated carbocycles. The van der Waals surface area contributed by atoms with Crippen LogP contribution in [0.4, 0.5) is 0 Å². The molecule has 1 atom stereocenters. The van der Waals surface area contributed by atoms with E-state index in [-0.39, 0.29) is 18.9 Å². The van der Waals surface area contributed by atoms with Gasteiger partial charge in [0.15, 0.2) is 0 Å². The molecule has 15 heavy (non-hydrogen) atoms. The largest absolute Gasteiger partial charge is 0.480 e. The minimum absolute atomic E-state index is 0.0613. The Morgan fingerprint density at radius 2 is 2.07 bits per heavy atom. The molecule has 0 spiro atoms. The molecule has 0 saturated heterocycles. The van der Waals surface area contributed by atoms with Crippen molar-refractivity contribution >= 4 is 11.9 Å². The number of amides is 1. The molecular formula is C10H17NO4. The van der Waals surface area contributed by atoms with E-state index in [1.165, 1.54) is 0 Å². The molecule has 0 aromatic carbocycles. The fourth-order valence-electron chi connectivity index (χ4n) is 1.60. The van der Waals surface area contributed by atoms with E-state index in [9.17, 15) is 9.59 Å². The maximum atomic E-state index is 11.4. The molecule has 0 aromatic rings. The van der Waals surface area contributed by atoms with Crippen molar-refractivity contribution in [1.29, 1.82) is 0 Å². The van der Waals surface area contributed by atoms with Gasteiger partial charge in [0.2, 0.25) is 5.91 Å². The summed E-state index contributed by atoms with van der Waals surface area (Å²) < 4.78 is 0. The van der Waals surface area contributed by atoms with E-state index < -0.39 is 12.0 Å². The van der Waals surface area contributed by atoms with E-state index >= 15 is 0 Å². The highest BCUT2D eigenvalue weighted by atomic mass is 16.4. The number of nitrogens with one attached hydrogen (secondary N) is 1. The lowest BCUT2D eigenvalue weighted by molar-refractivity contribution is -0.142. The Morgan fingerprint density at radius 1 is 1.40 bits per heavy atom. The summed E-state index contributed by atoms with van der Waals surface area (Å²) in [6.07, 6.45) is 3.76. The van der Waals surface area contributed by atoms with Crippen molar-refractivity contribution in [2.45, 2.75) is 38.1 Å². The van der Waals surface area contributed by atoms with Crippen molar-refractivity contribution in [2.75, 3.05) is 6.61 Å². The third-order valence-corrected chi connectivity index (χ3v) is 2.75. The Balaban J connectivity index is 2.28. The Morgan fingerprint density at radius 3 is 2.47 bits per heavy atom. The minimum Gasteiger partial charge on any atom is -0.480 e. The van der Waals surface area contributed by atoms with Crippen LogP contribution < -0.4 is 5.32 Å². The summed E-state index contributed by atoms with van der Waals surface area (Å²) in [5, 5.41) is 19.8. The summed E-state index contributed by atoms with van der Waals surface area (Å²) in [6, 6.07) is -0.956. The van der Waals surface area contributed by atoms with Crippen LogP contribution in [0.15, 0.2) is 0 Å². The molecule has 1 unspecified atom stereocenters. The Kier molecular flexibility index (Phi) is 4.55. The van der Waals surface area contributed by atoms with Crippen LogP contribution in [-0.2, 0) is 9.59 Å². The van der Waals surface area contributed by atoms with Crippen LogP contribution in [0.25, 0.3) is 0 Å². The molecule has 0 radical (unpaired) electrons. The summed E-state index contributed by atoms with van der Waals surface area (Å²) in [4.78, 5) is 22.0. The molecule has 0 heterocycles. The zero-order valence-electron chi connectivity index (χ0n) is 8.61. The molecule has 86 valence electrons. The second-order valence-corrected chi connectivity index (χ2v) is 3.97. The normalized spacial score (nSPS) is 17.9. The number of carboxylic acids is 1. The smallest absolute Gasteiger partial charge is 0.326 e. The highest BCUT2D eigenvalue weighted by molar-refractivity contribution is 5.83. The predicted octanol–water partition coefficient (Wildman–Crippen LogP) is 0.128. The molecule has 1 fully saturated rings.